The minimum atomic E-state index is -0.402. The first kappa shape index (κ1) is 22.2. The van der Waals surface area contributed by atoms with E-state index in [1.165, 1.54) is 7.05 Å². The first-order valence-corrected chi connectivity index (χ1v) is 10.0. The van der Waals surface area contributed by atoms with Crippen LogP contribution < -0.4 is 21.6 Å². The van der Waals surface area contributed by atoms with Gasteiger partial charge in [-0.05, 0) is 61.7 Å². The molecule has 1 aliphatic heterocycles. The van der Waals surface area contributed by atoms with Gasteiger partial charge in [0.15, 0.2) is 0 Å². The van der Waals surface area contributed by atoms with E-state index in [1.54, 1.807) is 0 Å². The van der Waals surface area contributed by atoms with E-state index in [0.717, 1.165) is 38.6 Å². The Balaban J connectivity index is 1.78. The van der Waals surface area contributed by atoms with Crippen molar-refractivity contribution in [3.05, 3.63) is 64.2 Å². The summed E-state index contributed by atoms with van der Waals surface area (Å²) in [5.41, 5.74) is 12.2. The number of carbonyl (C=O) groups is 1. The van der Waals surface area contributed by atoms with E-state index < -0.39 is 6.03 Å². The molecule has 0 aromatic heterocycles. The van der Waals surface area contributed by atoms with E-state index in [0.29, 0.717) is 37.0 Å². The molecule has 0 saturated carbocycles. The van der Waals surface area contributed by atoms with Crippen LogP contribution in [0, 0.1) is 13.8 Å². The molecule has 8 heteroatoms. The van der Waals surface area contributed by atoms with Crippen LogP contribution in [0.2, 0.25) is 0 Å². The van der Waals surface area contributed by atoms with Crippen molar-refractivity contribution >= 4 is 23.3 Å². The second-order valence-corrected chi connectivity index (χ2v) is 7.49. The first-order valence-electron chi connectivity index (χ1n) is 10.0. The smallest absolute Gasteiger partial charge is 0.335 e. The number of urea groups is 1. The molecule has 2 aromatic rings. The molecule has 3 rings (SSSR count). The predicted octanol–water partition coefficient (Wildman–Crippen LogP) is 3.34. The highest BCUT2D eigenvalue weighted by Crippen LogP contribution is 2.27. The third-order valence-corrected chi connectivity index (χ3v) is 5.14. The number of anilines is 1. The molecule has 1 heterocycles. The number of nitrogens with one attached hydrogen (secondary N) is 1. The molecular formula is C23H29N5O3. The van der Waals surface area contributed by atoms with Crippen LogP contribution >= 0.6 is 0 Å². The largest absolute Gasteiger partial charge is 0.489 e. The monoisotopic (exact) mass is 423 g/mol. The summed E-state index contributed by atoms with van der Waals surface area (Å²) in [7, 11) is 1.49. The Labute approximate surface area is 182 Å². The van der Waals surface area contributed by atoms with Gasteiger partial charge >= 0.3 is 6.03 Å². The van der Waals surface area contributed by atoms with Gasteiger partial charge in [-0.2, -0.15) is 0 Å². The lowest BCUT2D eigenvalue weighted by atomic mass is 10.0. The Bertz CT molecular complexity index is 1040. The maximum Gasteiger partial charge on any atom is 0.335 e. The van der Waals surface area contributed by atoms with Crippen molar-refractivity contribution in [2.45, 2.75) is 27.4 Å². The van der Waals surface area contributed by atoms with Gasteiger partial charge in [-0.15, -0.1) is 0 Å². The zero-order chi connectivity index (χ0) is 22.5. The summed E-state index contributed by atoms with van der Waals surface area (Å²) in [5.74, 6) is 6.86. The van der Waals surface area contributed by atoms with Crippen molar-refractivity contribution in [1.29, 1.82) is 0 Å². The van der Waals surface area contributed by atoms with Crippen molar-refractivity contribution in [3.8, 4) is 5.75 Å². The van der Waals surface area contributed by atoms with E-state index in [-0.39, 0.29) is 0 Å². The number of hydrazine groups is 1. The molecule has 0 aliphatic carbocycles. The number of nitrogens with zero attached hydrogens (tertiary/aromatic N) is 2. The second kappa shape index (κ2) is 9.53. The van der Waals surface area contributed by atoms with Crippen molar-refractivity contribution in [2.75, 3.05) is 25.5 Å². The van der Waals surface area contributed by atoms with Crippen LogP contribution in [0.15, 0.2) is 47.0 Å². The van der Waals surface area contributed by atoms with Crippen LogP contribution in [0.5, 0.6) is 5.75 Å². The third-order valence-electron chi connectivity index (χ3n) is 5.14. The summed E-state index contributed by atoms with van der Waals surface area (Å²) in [6, 6.07) is 11.1. The first-order chi connectivity index (χ1) is 14.8. The lowest BCUT2D eigenvalue weighted by Gasteiger charge is -2.18. The average Bonchev–Trinajstić information content (AvgIpc) is 3.28. The summed E-state index contributed by atoms with van der Waals surface area (Å²) in [5, 5.41) is 3.80. The average molecular weight is 424 g/mol. The Kier molecular flexibility index (Phi) is 6.81. The summed E-state index contributed by atoms with van der Waals surface area (Å²) < 4.78 is 11.6. The summed E-state index contributed by atoms with van der Waals surface area (Å²) in [6.07, 6.45) is 0. The van der Waals surface area contributed by atoms with Crippen LogP contribution in [-0.2, 0) is 11.3 Å². The summed E-state index contributed by atoms with van der Waals surface area (Å²) >= 11 is 0. The Morgan fingerprint density at radius 3 is 2.68 bits per heavy atom. The van der Waals surface area contributed by atoms with Gasteiger partial charge in [0.2, 0.25) is 5.90 Å². The predicted molar refractivity (Wildman–Crippen MR) is 123 cm³/mol. The standard InChI is InChI=1S/C23H29N5O3/c1-14-6-5-7-19(27-23(29)28(4)25)18(14)13-31-20-9-8-17(12-15(20)2)21(24)16(3)22-26-10-11-30-22/h5-9,12H,10-11,13,24-25H2,1-4H3,(H,27,29). The fourth-order valence-electron chi connectivity index (χ4n) is 3.24. The van der Waals surface area contributed by atoms with Crippen LogP contribution in [0.25, 0.3) is 5.70 Å². The molecular weight excluding hydrogens is 394 g/mol. The van der Waals surface area contributed by atoms with Gasteiger partial charge < -0.3 is 20.5 Å². The normalized spacial score (nSPS) is 13.8. The van der Waals surface area contributed by atoms with Crippen molar-refractivity contribution in [1.82, 2.24) is 5.01 Å². The molecule has 0 saturated heterocycles. The van der Waals surface area contributed by atoms with Gasteiger partial charge in [0.1, 0.15) is 19.0 Å². The van der Waals surface area contributed by atoms with Gasteiger partial charge in [-0.1, -0.05) is 12.1 Å². The molecule has 164 valence electrons. The van der Waals surface area contributed by atoms with Gasteiger partial charge in [0, 0.05) is 29.6 Å². The number of amides is 2. The maximum absolute atomic E-state index is 12.0. The highest BCUT2D eigenvalue weighted by Gasteiger charge is 2.15. The van der Waals surface area contributed by atoms with Crippen LogP contribution in [0.4, 0.5) is 10.5 Å². The molecule has 5 N–H and O–H groups in total. The van der Waals surface area contributed by atoms with E-state index >= 15 is 0 Å². The molecule has 0 atom stereocenters. The zero-order valence-corrected chi connectivity index (χ0v) is 18.4. The Morgan fingerprint density at radius 1 is 1.26 bits per heavy atom. The highest BCUT2D eigenvalue weighted by atomic mass is 16.5. The van der Waals surface area contributed by atoms with Crippen molar-refractivity contribution in [3.63, 3.8) is 0 Å². The third kappa shape index (κ3) is 5.16. The van der Waals surface area contributed by atoms with Crippen molar-refractivity contribution < 1.29 is 14.3 Å². The van der Waals surface area contributed by atoms with Gasteiger partial charge in [0.25, 0.3) is 0 Å². The Morgan fingerprint density at radius 2 is 2.03 bits per heavy atom. The number of hydrogen-bond acceptors (Lipinski definition) is 6. The molecule has 31 heavy (non-hydrogen) atoms. The molecule has 0 bridgehead atoms. The molecule has 8 nitrogen and oxygen atoms in total. The number of nitrogens with two attached hydrogens (primary N) is 2. The number of aryl methyl sites for hydroxylation is 2. The summed E-state index contributed by atoms with van der Waals surface area (Å²) in [4.78, 5) is 16.3. The lowest BCUT2D eigenvalue weighted by molar-refractivity contribution is 0.223. The number of benzene rings is 2. The molecule has 1 aliphatic rings. The fourth-order valence-corrected chi connectivity index (χ4v) is 3.24. The van der Waals surface area contributed by atoms with Crippen LogP contribution in [0.1, 0.15) is 29.2 Å². The van der Waals surface area contributed by atoms with Crippen LogP contribution in [0.3, 0.4) is 0 Å². The molecule has 2 amide bonds. The fraction of sp³-hybridized carbons (Fsp3) is 0.304. The van der Waals surface area contributed by atoms with Gasteiger partial charge in [-0.3, -0.25) is 5.01 Å². The number of rotatable bonds is 6. The number of ether oxygens (including phenoxy) is 2. The second-order valence-electron chi connectivity index (χ2n) is 7.49. The molecule has 0 spiro atoms. The Hall–Kier alpha value is -3.52. The number of hydrogen-bond donors (Lipinski definition) is 3. The maximum atomic E-state index is 12.0. The van der Waals surface area contributed by atoms with E-state index in [2.05, 4.69) is 10.3 Å². The quantitative estimate of drug-likeness (QED) is 0.374. The SMILES string of the molecule is CC(C1=NCCO1)=C(N)c1ccc(OCc2c(C)cccc2NC(=O)N(C)N)c(C)c1. The topological polar surface area (TPSA) is 115 Å². The van der Waals surface area contributed by atoms with Gasteiger partial charge in [-0.25, -0.2) is 15.6 Å². The minimum Gasteiger partial charge on any atom is -0.489 e. The zero-order valence-electron chi connectivity index (χ0n) is 18.4. The number of aliphatic imine (C=N–C) groups is 1. The number of carbonyl (C=O) groups excluding carboxylic acids is 1. The summed E-state index contributed by atoms with van der Waals surface area (Å²) in [6.45, 7) is 7.40. The lowest BCUT2D eigenvalue weighted by Crippen LogP contribution is -2.37. The minimum absolute atomic E-state index is 0.297. The van der Waals surface area contributed by atoms with E-state index in [1.807, 2.05) is 57.2 Å². The molecule has 2 aromatic carbocycles. The highest BCUT2D eigenvalue weighted by molar-refractivity contribution is 6.00. The van der Waals surface area contributed by atoms with Crippen LogP contribution in [-0.4, -0.2) is 37.1 Å². The molecule has 0 unspecified atom stereocenters. The van der Waals surface area contributed by atoms with Crippen molar-refractivity contribution in [2.24, 2.45) is 16.6 Å². The van der Waals surface area contributed by atoms with E-state index in [9.17, 15) is 4.79 Å². The van der Waals surface area contributed by atoms with E-state index in [4.69, 9.17) is 21.1 Å². The molecule has 0 fully saturated rings. The van der Waals surface area contributed by atoms with Gasteiger partial charge in [0.05, 0.1) is 6.54 Å². The molecule has 0 radical (unpaired) electrons.